The van der Waals surface area contributed by atoms with Crippen LogP contribution in [0, 0.1) is 11.6 Å². The topological polar surface area (TPSA) is 84.2 Å². The highest BCUT2D eigenvalue weighted by molar-refractivity contribution is 7.09. The quantitative estimate of drug-likeness (QED) is 0.672. The van der Waals surface area contributed by atoms with Gasteiger partial charge in [-0.15, -0.1) is 11.3 Å². The molecule has 0 unspecified atom stereocenters. The summed E-state index contributed by atoms with van der Waals surface area (Å²) in [6.07, 6.45) is 1.08. The van der Waals surface area contributed by atoms with E-state index in [1.807, 2.05) is 6.92 Å². The number of fused-ring (bicyclic) bond motifs is 1. The molecule has 0 aliphatic heterocycles. The molecule has 1 aromatic carbocycles. The average Bonchev–Trinajstić information content (AvgIpc) is 3.09. The van der Waals surface area contributed by atoms with Crippen LogP contribution in [0.15, 0.2) is 22.4 Å². The van der Waals surface area contributed by atoms with Crippen molar-refractivity contribution in [3.63, 3.8) is 0 Å². The summed E-state index contributed by atoms with van der Waals surface area (Å²) >= 11 is 1.27. The third-order valence-electron chi connectivity index (χ3n) is 4.16. The molecule has 0 saturated carbocycles. The number of carboxylic acids is 1. The van der Waals surface area contributed by atoms with Crippen LogP contribution < -0.4 is 10.7 Å². The molecule has 27 heavy (non-hydrogen) atoms. The van der Waals surface area contributed by atoms with E-state index in [4.69, 9.17) is 0 Å². The lowest BCUT2D eigenvalue weighted by Crippen LogP contribution is -2.20. The molecule has 0 saturated heterocycles. The van der Waals surface area contributed by atoms with Gasteiger partial charge in [0.15, 0.2) is 5.82 Å². The van der Waals surface area contributed by atoms with Crippen molar-refractivity contribution in [2.75, 3.05) is 6.54 Å². The number of thiazole rings is 1. The number of carboxylic acid groups (broad SMARTS) is 1. The van der Waals surface area contributed by atoms with E-state index >= 15 is 4.39 Å². The van der Waals surface area contributed by atoms with E-state index < -0.39 is 28.6 Å². The molecule has 0 aliphatic carbocycles. The maximum absolute atomic E-state index is 15.2. The SMILES string of the molecule is CCNCc1nc(-c2c(F)cc3c(=O)c(C(=O)O)cn(CC)c3c2F)cs1. The first-order valence-electron chi connectivity index (χ1n) is 8.32. The maximum atomic E-state index is 15.2. The summed E-state index contributed by atoms with van der Waals surface area (Å²) in [7, 11) is 0. The van der Waals surface area contributed by atoms with E-state index in [0.717, 1.165) is 18.8 Å². The molecule has 2 N–H and O–H groups in total. The number of aromatic carboxylic acids is 1. The van der Waals surface area contributed by atoms with Crippen LogP contribution in [-0.2, 0) is 13.1 Å². The van der Waals surface area contributed by atoms with Gasteiger partial charge in [-0.2, -0.15) is 0 Å². The van der Waals surface area contributed by atoms with E-state index in [2.05, 4.69) is 10.3 Å². The molecule has 3 rings (SSSR count). The van der Waals surface area contributed by atoms with Crippen LogP contribution in [-0.4, -0.2) is 27.2 Å². The number of nitrogens with one attached hydrogen (secondary N) is 1. The number of aryl methyl sites for hydroxylation is 1. The number of hydrogen-bond donors (Lipinski definition) is 2. The first-order chi connectivity index (χ1) is 12.9. The minimum atomic E-state index is -1.44. The van der Waals surface area contributed by atoms with Crippen molar-refractivity contribution < 1.29 is 18.7 Å². The molecule has 142 valence electrons. The molecule has 6 nitrogen and oxygen atoms in total. The molecule has 0 bridgehead atoms. The number of rotatable bonds is 6. The summed E-state index contributed by atoms with van der Waals surface area (Å²) in [6.45, 7) is 5.05. The maximum Gasteiger partial charge on any atom is 0.341 e. The number of pyridine rings is 1. The lowest BCUT2D eigenvalue weighted by Gasteiger charge is -2.13. The first kappa shape index (κ1) is 19.1. The van der Waals surface area contributed by atoms with Gasteiger partial charge < -0.3 is 15.0 Å². The zero-order valence-electron chi connectivity index (χ0n) is 14.7. The number of nitrogens with zero attached hydrogens (tertiary/aromatic N) is 2. The zero-order chi connectivity index (χ0) is 19.7. The second kappa shape index (κ2) is 7.53. The number of halogens is 2. The van der Waals surface area contributed by atoms with Gasteiger partial charge in [0.2, 0.25) is 5.43 Å². The molecule has 0 fully saturated rings. The van der Waals surface area contributed by atoms with Crippen LogP contribution in [0.2, 0.25) is 0 Å². The number of benzene rings is 1. The van der Waals surface area contributed by atoms with Gasteiger partial charge >= 0.3 is 5.97 Å². The van der Waals surface area contributed by atoms with Crippen molar-refractivity contribution in [3.05, 3.63) is 50.1 Å². The third-order valence-corrected chi connectivity index (χ3v) is 5.01. The van der Waals surface area contributed by atoms with Gasteiger partial charge in [0.05, 0.1) is 22.2 Å². The van der Waals surface area contributed by atoms with E-state index in [-0.39, 0.29) is 28.7 Å². The minimum absolute atomic E-state index is 0.134. The predicted octanol–water partition coefficient (Wildman–Crippen LogP) is 3.23. The van der Waals surface area contributed by atoms with E-state index in [1.54, 1.807) is 12.3 Å². The highest BCUT2D eigenvalue weighted by Gasteiger charge is 2.23. The summed E-state index contributed by atoms with van der Waals surface area (Å²) in [6, 6.07) is 0.887. The van der Waals surface area contributed by atoms with Crippen LogP contribution in [0.1, 0.15) is 29.2 Å². The highest BCUT2D eigenvalue weighted by Crippen LogP contribution is 2.32. The fourth-order valence-corrected chi connectivity index (χ4v) is 3.62. The third kappa shape index (κ3) is 3.35. The Morgan fingerprint density at radius 3 is 2.74 bits per heavy atom. The van der Waals surface area contributed by atoms with Gasteiger partial charge in [-0.1, -0.05) is 6.92 Å². The molecular weight excluding hydrogens is 376 g/mol. The lowest BCUT2D eigenvalue weighted by atomic mass is 10.0. The molecule has 3 aromatic rings. The van der Waals surface area contributed by atoms with Crippen LogP contribution in [0.4, 0.5) is 8.78 Å². The van der Waals surface area contributed by atoms with Gasteiger partial charge in [-0.05, 0) is 19.5 Å². The second-order valence-electron chi connectivity index (χ2n) is 5.81. The minimum Gasteiger partial charge on any atom is -0.477 e. The second-order valence-corrected chi connectivity index (χ2v) is 6.76. The zero-order valence-corrected chi connectivity index (χ0v) is 15.5. The van der Waals surface area contributed by atoms with Crippen molar-refractivity contribution in [2.45, 2.75) is 26.9 Å². The molecule has 2 aromatic heterocycles. The lowest BCUT2D eigenvalue weighted by molar-refractivity contribution is 0.0695. The Labute approximate surface area is 157 Å². The summed E-state index contributed by atoms with van der Waals surface area (Å²) in [5.41, 5.74) is -1.77. The highest BCUT2D eigenvalue weighted by atomic mass is 32.1. The number of aromatic nitrogens is 2. The van der Waals surface area contributed by atoms with E-state index in [9.17, 15) is 19.1 Å². The van der Waals surface area contributed by atoms with Gasteiger partial charge in [-0.25, -0.2) is 18.6 Å². The Hall–Kier alpha value is -2.65. The van der Waals surface area contributed by atoms with Crippen molar-refractivity contribution in [3.8, 4) is 11.3 Å². The van der Waals surface area contributed by atoms with Gasteiger partial charge in [-0.3, -0.25) is 4.79 Å². The Morgan fingerprint density at radius 2 is 2.11 bits per heavy atom. The number of hydrogen-bond acceptors (Lipinski definition) is 5. The molecule has 2 heterocycles. The summed E-state index contributed by atoms with van der Waals surface area (Å²) < 4.78 is 31.2. The average molecular weight is 393 g/mol. The van der Waals surface area contributed by atoms with Crippen molar-refractivity contribution in [1.29, 1.82) is 0 Å². The van der Waals surface area contributed by atoms with Crippen molar-refractivity contribution in [2.24, 2.45) is 0 Å². The van der Waals surface area contributed by atoms with Crippen LogP contribution >= 0.6 is 11.3 Å². The standard InChI is InChI=1S/C18H17F2N3O3S/c1-3-21-6-13-22-12(8-27-13)14-11(19)5-9-16(15(14)20)23(4-2)7-10(17(9)24)18(25)26/h5,7-8,21H,3-4,6H2,1-2H3,(H,25,26). The summed E-state index contributed by atoms with van der Waals surface area (Å²) in [5.74, 6) is -3.33. The fourth-order valence-electron chi connectivity index (χ4n) is 2.86. The molecule has 0 atom stereocenters. The fraction of sp³-hybridized carbons (Fsp3) is 0.278. The molecule has 0 amide bonds. The molecule has 0 spiro atoms. The summed E-state index contributed by atoms with van der Waals surface area (Å²) in [5, 5.41) is 14.2. The summed E-state index contributed by atoms with van der Waals surface area (Å²) in [4.78, 5) is 27.9. The molecular formula is C18H17F2N3O3S. The van der Waals surface area contributed by atoms with Gasteiger partial charge in [0, 0.05) is 24.7 Å². The molecule has 0 aliphatic rings. The smallest absolute Gasteiger partial charge is 0.341 e. The van der Waals surface area contributed by atoms with Crippen LogP contribution in [0.5, 0.6) is 0 Å². The largest absolute Gasteiger partial charge is 0.477 e. The number of carbonyl (C=O) groups is 1. The monoisotopic (exact) mass is 393 g/mol. The van der Waals surface area contributed by atoms with Gasteiger partial charge in [0.1, 0.15) is 16.4 Å². The normalized spacial score (nSPS) is 11.3. The van der Waals surface area contributed by atoms with Gasteiger partial charge in [0.25, 0.3) is 0 Å². The first-order valence-corrected chi connectivity index (χ1v) is 9.20. The van der Waals surface area contributed by atoms with Crippen LogP contribution in [0.25, 0.3) is 22.2 Å². The van der Waals surface area contributed by atoms with E-state index in [0.29, 0.717) is 11.6 Å². The van der Waals surface area contributed by atoms with E-state index in [1.165, 1.54) is 15.9 Å². The predicted molar refractivity (Wildman–Crippen MR) is 99.2 cm³/mol. The van der Waals surface area contributed by atoms with Crippen molar-refractivity contribution in [1.82, 2.24) is 14.9 Å². The molecule has 0 radical (unpaired) electrons. The Bertz CT molecular complexity index is 1090. The Kier molecular flexibility index (Phi) is 5.33. The Balaban J connectivity index is 2.27. The molecule has 9 heteroatoms. The van der Waals surface area contributed by atoms with Crippen LogP contribution in [0.3, 0.4) is 0 Å². The Morgan fingerprint density at radius 1 is 1.37 bits per heavy atom. The van der Waals surface area contributed by atoms with Crippen molar-refractivity contribution >= 4 is 28.2 Å².